The van der Waals surface area contributed by atoms with Crippen LogP contribution >= 0.6 is 0 Å². The Morgan fingerprint density at radius 1 is 1.00 bits per heavy atom. The molecule has 1 aromatic rings. The number of hydrogen-bond acceptors (Lipinski definition) is 3. The molecule has 0 bridgehead atoms. The van der Waals surface area contributed by atoms with Gasteiger partial charge in [-0.2, -0.15) is 0 Å². The highest BCUT2D eigenvalue weighted by molar-refractivity contribution is 5.33. The Morgan fingerprint density at radius 3 is 2.58 bits per heavy atom. The minimum absolute atomic E-state index is 0.716. The van der Waals surface area contributed by atoms with Gasteiger partial charge in [-0.3, -0.25) is 0 Å². The van der Waals surface area contributed by atoms with Crippen molar-refractivity contribution in [2.45, 2.75) is 33.6 Å². The van der Waals surface area contributed by atoms with Crippen LogP contribution in [0.5, 0.6) is 5.75 Å². The van der Waals surface area contributed by atoms with Crippen molar-refractivity contribution in [1.82, 2.24) is 5.32 Å². The Morgan fingerprint density at radius 2 is 1.84 bits per heavy atom. The Hall–Kier alpha value is -1.06. The summed E-state index contributed by atoms with van der Waals surface area (Å²) in [7, 11) is 0. The Labute approximate surface area is 117 Å². The first-order chi connectivity index (χ1) is 9.24. The standard InChI is InChI=1S/C16H27NO2/c1-4-18-11-6-5-9-17-10-12-19-16-8-7-14(2)15(3)13-16/h7-8,13,17H,4-6,9-12H2,1-3H3. The van der Waals surface area contributed by atoms with E-state index in [0.717, 1.165) is 44.9 Å². The fraction of sp³-hybridized carbons (Fsp3) is 0.625. The van der Waals surface area contributed by atoms with Crippen LogP contribution in [0.2, 0.25) is 0 Å². The molecule has 0 spiro atoms. The van der Waals surface area contributed by atoms with E-state index in [2.05, 4.69) is 31.3 Å². The molecular formula is C16H27NO2. The van der Waals surface area contributed by atoms with E-state index in [1.165, 1.54) is 11.1 Å². The Bertz CT molecular complexity index is 353. The number of ether oxygens (including phenoxy) is 2. The zero-order valence-electron chi connectivity index (χ0n) is 12.5. The summed E-state index contributed by atoms with van der Waals surface area (Å²) in [5, 5.41) is 3.38. The number of nitrogens with one attached hydrogen (secondary N) is 1. The molecule has 1 aromatic carbocycles. The van der Waals surface area contributed by atoms with E-state index in [0.29, 0.717) is 6.61 Å². The molecule has 0 saturated carbocycles. The zero-order chi connectivity index (χ0) is 13.9. The van der Waals surface area contributed by atoms with Crippen molar-refractivity contribution in [3.8, 4) is 5.75 Å². The summed E-state index contributed by atoms with van der Waals surface area (Å²) in [5.74, 6) is 0.959. The van der Waals surface area contributed by atoms with E-state index in [4.69, 9.17) is 9.47 Å². The lowest BCUT2D eigenvalue weighted by Gasteiger charge is -2.09. The van der Waals surface area contributed by atoms with E-state index in [1.54, 1.807) is 0 Å². The fourth-order valence-electron chi connectivity index (χ4n) is 1.77. The molecule has 0 unspecified atom stereocenters. The van der Waals surface area contributed by atoms with Gasteiger partial charge in [0, 0.05) is 19.8 Å². The van der Waals surface area contributed by atoms with E-state index >= 15 is 0 Å². The molecule has 0 aliphatic carbocycles. The van der Waals surface area contributed by atoms with Gasteiger partial charge in [-0.25, -0.2) is 0 Å². The molecule has 3 nitrogen and oxygen atoms in total. The normalized spacial score (nSPS) is 10.7. The van der Waals surface area contributed by atoms with Crippen molar-refractivity contribution >= 4 is 0 Å². The summed E-state index contributed by atoms with van der Waals surface area (Å²) in [4.78, 5) is 0. The lowest BCUT2D eigenvalue weighted by molar-refractivity contribution is 0.143. The van der Waals surface area contributed by atoms with Crippen LogP contribution in [-0.2, 0) is 4.74 Å². The molecule has 0 aliphatic rings. The van der Waals surface area contributed by atoms with Crippen LogP contribution in [0.1, 0.15) is 30.9 Å². The van der Waals surface area contributed by atoms with Gasteiger partial charge in [0.2, 0.25) is 0 Å². The summed E-state index contributed by atoms with van der Waals surface area (Å²) in [6.07, 6.45) is 2.28. The van der Waals surface area contributed by atoms with Crippen molar-refractivity contribution in [3.05, 3.63) is 29.3 Å². The largest absolute Gasteiger partial charge is 0.492 e. The van der Waals surface area contributed by atoms with Gasteiger partial charge in [-0.05, 0) is 63.4 Å². The molecule has 0 saturated heterocycles. The summed E-state index contributed by atoms with van der Waals surface area (Å²) in [6, 6.07) is 6.23. The summed E-state index contributed by atoms with van der Waals surface area (Å²) in [5.41, 5.74) is 2.58. The summed E-state index contributed by atoms with van der Waals surface area (Å²) in [6.45, 7) is 10.6. The first kappa shape index (κ1) is 16.0. The van der Waals surface area contributed by atoms with E-state index in [-0.39, 0.29) is 0 Å². The third-order valence-corrected chi connectivity index (χ3v) is 3.12. The van der Waals surface area contributed by atoms with Crippen LogP contribution in [-0.4, -0.2) is 32.9 Å². The van der Waals surface area contributed by atoms with Gasteiger partial charge >= 0.3 is 0 Å². The zero-order valence-corrected chi connectivity index (χ0v) is 12.5. The van der Waals surface area contributed by atoms with E-state index < -0.39 is 0 Å². The monoisotopic (exact) mass is 265 g/mol. The second-order valence-electron chi connectivity index (χ2n) is 4.75. The summed E-state index contributed by atoms with van der Waals surface area (Å²) >= 11 is 0. The molecular weight excluding hydrogens is 238 g/mol. The second-order valence-corrected chi connectivity index (χ2v) is 4.75. The Kier molecular flexibility index (Phi) is 8.26. The van der Waals surface area contributed by atoms with E-state index in [9.17, 15) is 0 Å². The van der Waals surface area contributed by atoms with Gasteiger partial charge in [0.05, 0.1) is 0 Å². The van der Waals surface area contributed by atoms with Gasteiger partial charge in [0.1, 0.15) is 12.4 Å². The average molecular weight is 265 g/mol. The highest BCUT2D eigenvalue weighted by atomic mass is 16.5. The van der Waals surface area contributed by atoms with E-state index in [1.807, 2.05) is 13.0 Å². The molecule has 0 heterocycles. The highest BCUT2D eigenvalue weighted by Gasteiger charge is 1.97. The van der Waals surface area contributed by atoms with Crippen molar-refractivity contribution in [2.75, 3.05) is 32.9 Å². The first-order valence-corrected chi connectivity index (χ1v) is 7.22. The minimum atomic E-state index is 0.716. The van der Waals surface area contributed by atoms with Crippen LogP contribution in [0.15, 0.2) is 18.2 Å². The Balaban J connectivity index is 2.00. The predicted octanol–water partition coefficient (Wildman–Crippen LogP) is 3.09. The molecule has 0 amide bonds. The van der Waals surface area contributed by atoms with Crippen LogP contribution in [0, 0.1) is 13.8 Å². The van der Waals surface area contributed by atoms with Gasteiger partial charge < -0.3 is 14.8 Å². The maximum absolute atomic E-state index is 5.70. The van der Waals surface area contributed by atoms with Gasteiger partial charge in [0.15, 0.2) is 0 Å². The first-order valence-electron chi connectivity index (χ1n) is 7.22. The maximum atomic E-state index is 5.70. The lowest BCUT2D eigenvalue weighted by atomic mass is 10.1. The lowest BCUT2D eigenvalue weighted by Crippen LogP contribution is -2.22. The van der Waals surface area contributed by atoms with Crippen molar-refractivity contribution < 1.29 is 9.47 Å². The average Bonchev–Trinajstić information content (AvgIpc) is 2.41. The SMILES string of the molecule is CCOCCCCNCCOc1ccc(C)c(C)c1. The van der Waals surface area contributed by atoms with Gasteiger partial charge in [-0.1, -0.05) is 6.07 Å². The molecule has 1 N–H and O–H groups in total. The van der Waals surface area contributed by atoms with Crippen molar-refractivity contribution in [1.29, 1.82) is 0 Å². The van der Waals surface area contributed by atoms with Crippen LogP contribution in [0.3, 0.4) is 0 Å². The maximum Gasteiger partial charge on any atom is 0.119 e. The molecule has 19 heavy (non-hydrogen) atoms. The molecule has 3 heteroatoms. The third-order valence-electron chi connectivity index (χ3n) is 3.12. The van der Waals surface area contributed by atoms with Crippen molar-refractivity contribution in [2.24, 2.45) is 0 Å². The van der Waals surface area contributed by atoms with Crippen LogP contribution in [0.4, 0.5) is 0 Å². The third kappa shape index (κ3) is 7.19. The number of benzene rings is 1. The molecule has 0 radical (unpaired) electrons. The molecule has 0 atom stereocenters. The van der Waals surface area contributed by atoms with Crippen LogP contribution < -0.4 is 10.1 Å². The molecule has 0 aliphatic heterocycles. The smallest absolute Gasteiger partial charge is 0.119 e. The quantitative estimate of drug-likeness (QED) is 0.659. The molecule has 0 aromatic heterocycles. The molecule has 108 valence electrons. The fourth-order valence-corrected chi connectivity index (χ4v) is 1.77. The topological polar surface area (TPSA) is 30.5 Å². The highest BCUT2D eigenvalue weighted by Crippen LogP contribution is 2.15. The number of hydrogen-bond donors (Lipinski definition) is 1. The number of rotatable bonds is 10. The minimum Gasteiger partial charge on any atom is -0.492 e. The van der Waals surface area contributed by atoms with Gasteiger partial charge in [0.25, 0.3) is 0 Å². The van der Waals surface area contributed by atoms with Crippen LogP contribution in [0.25, 0.3) is 0 Å². The molecule has 1 rings (SSSR count). The summed E-state index contributed by atoms with van der Waals surface area (Å²) < 4.78 is 11.0. The van der Waals surface area contributed by atoms with Gasteiger partial charge in [-0.15, -0.1) is 0 Å². The number of aryl methyl sites for hydroxylation is 2. The predicted molar refractivity (Wildman–Crippen MR) is 80.0 cm³/mol. The second kappa shape index (κ2) is 9.82. The van der Waals surface area contributed by atoms with Crippen molar-refractivity contribution in [3.63, 3.8) is 0 Å². The number of unbranched alkanes of at least 4 members (excludes halogenated alkanes) is 1. The molecule has 0 fully saturated rings.